The maximum atomic E-state index is 12.7. The van der Waals surface area contributed by atoms with Crippen molar-refractivity contribution in [2.45, 2.75) is 30.8 Å². The highest BCUT2D eigenvalue weighted by Gasteiger charge is 2.14. The Hall–Kier alpha value is -3.32. The molecule has 0 radical (unpaired) electrons. The number of aryl methyl sites for hydroxylation is 1. The smallest absolute Gasteiger partial charge is 0.325 e. The van der Waals surface area contributed by atoms with Crippen molar-refractivity contribution in [2.75, 3.05) is 5.32 Å². The molecule has 0 bridgehead atoms. The van der Waals surface area contributed by atoms with Gasteiger partial charge < -0.3 is 5.32 Å². The molecule has 2 heterocycles. The summed E-state index contributed by atoms with van der Waals surface area (Å²) in [5, 5.41) is 3.87. The van der Waals surface area contributed by atoms with E-state index < -0.39 is 0 Å². The summed E-state index contributed by atoms with van der Waals surface area (Å²) in [4.78, 5) is 29.7. The van der Waals surface area contributed by atoms with E-state index in [0.717, 1.165) is 27.4 Å². The highest BCUT2D eigenvalue weighted by atomic mass is 32.2. The number of thioether (sulfide) groups is 1. The SMILES string of the molecule is CCn1c(=O)n(CC(=O)Nc2cccc(CSc3ccccn3)c2)c2ccccc21. The van der Waals surface area contributed by atoms with Crippen molar-refractivity contribution in [3.05, 3.63) is 89.0 Å². The molecule has 0 saturated heterocycles. The van der Waals surface area contributed by atoms with Gasteiger partial charge in [0.05, 0.1) is 16.1 Å². The second-order valence-corrected chi connectivity index (χ2v) is 7.80. The first kappa shape index (κ1) is 20.0. The van der Waals surface area contributed by atoms with Crippen LogP contribution in [0, 0.1) is 0 Å². The van der Waals surface area contributed by atoms with Crippen LogP contribution < -0.4 is 11.0 Å². The van der Waals surface area contributed by atoms with E-state index in [1.807, 2.05) is 73.7 Å². The van der Waals surface area contributed by atoms with Crippen LogP contribution in [0.1, 0.15) is 12.5 Å². The lowest BCUT2D eigenvalue weighted by atomic mass is 10.2. The Kier molecular flexibility index (Phi) is 5.99. The van der Waals surface area contributed by atoms with Gasteiger partial charge in [-0.2, -0.15) is 0 Å². The molecule has 2 aromatic carbocycles. The maximum absolute atomic E-state index is 12.7. The summed E-state index contributed by atoms with van der Waals surface area (Å²) in [6.45, 7) is 2.45. The summed E-state index contributed by atoms with van der Waals surface area (Å²) in [6, 6.07) is 21.1. The van der Waals surface area contributed by atoms with Crippen molar-refractivity contribution in [1.29, 1.82) is 0 Å². The molecule has 0 aliphatic heterocycles. The molecule has 0 saturated carbocycles. The number of hydrogen-bond acceptors (Lipinski definition) is 4. The molecule has 6 nitrogen and oxygen atoms in total. The summed E-state index contributed by atoms with van der Waals surface area (Å²) in [6.07, 6.45) is 1.77. The number of benzene rings is 2. The molecule has 0 aliphatic carbocycles. The van der Waals surface area contributed by atoms with Crippen LogP contribution in [0.15, 0.2) is 82.7 Å². The Bertz CT molecular complexity index is 1230. The third-order valence-corrected chi connectivity index (χ3v) is 5.79. The van der Waals surface area contributed by atoms with Gasteiger partial charge >= 0.3 is 5.69 Å². The van der Waals surface area contributed by atoms with Crippen LogP contribution in [-0.4, -0.2) is 20.0 Å². The van der Waals surface area contributed by atoms with Gasteiger partial charge in [-0.15, -0.1) is 11.8 Å². The van der Waals surface area contributed by atoms with E-state index in [2.05, 4.69) is 10.3 Å². The molecule has 2 aromatic heterocycles. The number of imidazole rings is 1. The molecule has 1 amide bonds. The van der Waals surface area contributed by atoms with Gasteiger partial charge in [0.2, 0.25) is 5.91 Å². The summed E-state index contributed by atoms with van der Waals surface area (Å²) >= 11 is 1.64. The number of carbonyl (C=O) groups excluding carboxylic acids is 1. The quantitative estimate of drug-likeness (QED) is 0.458. The second kappa shape index (κ2) is 9.00. The Labute approximate surface area is 178 Å². The summed E-state index contributed by atoms with van der Waals surface area (Å²) in [7, 11) is 0. The van der Waals surface area contributed by atoms with Crippen LogP contribution in [0.25, 0.3) is 11.0 Å². The van der Waals surface area contributed by atoms with E-state index in [1.165, 1.54) is 4.57 Å². The number of hydrogen-bond donors (Lipinski definition) is 1. The van der Waals surface area contributed by atoms with Crippen LogP contribution in [0.5, 0.6) is 0 Å². The minimum Gasteiger partial charge on any atom is -0.325 e. The lowest BCUT2D eigenvalue weighted by Crippen LogP contribution is -2.29. The number of pyridine rings is 1. The van der Waals surface area contributed by atoms with Crippen molar-refractivity contribution in [3.63, 3.8) is 0 Å². The molecule has 4 aromatic rings. The normalized spacial score (nSPS) is 11.0. The van der Waals surface area contributed by atoms with Crippen molar-refractivity contribution < 1.29 is 4.79 Å². The number of amides is 1. The third-order valence-electron chi connectivity index (χ3n) is 4.78. The van der Waals surface area contributed by atoms with Crippen molar-refractivity contribution >= 4 is 34.4 Å². The average molecular weight is 419 g/mol. The molecular formula is C23H22N4O2S. The van der Waals surface area contributed by atoms with Gasteiger partial charge in [-0.3, -0.25) is 13.9 Å². The predicted molar refractivity (Wildman–Crippen MR) is 121 cm³/mol. The van der Waals surface area contributed by atoms with Crippen molar-refractivity contribution in [1.82, 2.24) is 14.1 Å². The standard InChI is InChI=1S/C23H22N4O2S/c1-2-26-19-10-3-4-11-20(19)27(23(26)29)15-21(28)25-18-9-7-8-17(14-18)16-30-22-12-5-6-13-24-22/h3-14H,2,15-16H2,1H3,(H,25,28). The Morgan fingerprint density at radius 3 is 2.50 bits per heavy atom. The molecule has 7 heteroatoms. The average Bonchev–Trinajstić information content (AvgIpc) is 3.04. The lowest BCUT2D eigenvalue weighted by Gasteiger charge is -2.08. The monoisotopic (exact) mass is 418 g/mol. The highest BCUT2D eigenvalue weighted by Crippen LogP contribution is 2.22. The Balaban J connectivity index is 1.47. The van der Waals surface area contributed by atoms with Crippen LogP contribution in [0.2, 0.25) is 0 Å². The Morgan fingerprint density at radius 2 is 1.77 bits per heavy atom. The zero-order valence-corrected chi connectivity index (χ0v) is 17.4. The van der Waals surface area contributed by atoms with Gasteiger partial charge in [0, 0.05) is 24.2 Å². The van der Waals surface area contributed by atoms with E-state index in [4.69, 9.17) is 0 Å². The Morgan fingerprint density at radius 1 is 1.00 bits per heavy atom. The number of rotatable bonds is 7. The molecule has 0 aliphatic rings. The zero-order chi connectivity index (χ0) is 20.9. The molecule has 4 rings (SSSR count). The van der Waals surface area contributed by atoms with Crippen LogP contribution in [-0.2, 0) is 23.6 Å². The van der Waals surface area contributed by atoms with E-state index in [0.29, 0.717) is 12.2 Å². The number of nitrogens with one attached hydrogen (secondary N) is 1. The van der Waals surface area contributed by atoms with Gasteiger partial charge in [0.1, 0.15) is 6.54 Å². The van der Waals surface area contributed by atoms with Gasteiger partial charge in [-0.05, 0) is 48.9 Å². The maximum Gasteiger partial charge on any atom is 0.329 e. The number of anilines is 1. The largest absolute Gasteiger partial charge is 0.329 e. The molecule has 152 valence electrons. The van der Waals surface area contributed by atoms with Crippen LogP contribution in [0.4, 0.5) is 5.69 Å². The van der Waals surface area contributed by atoms with E-state index in [1.54, 1.807) is 22.5 Å². The minimum absolute atomic E-state index is 0.0285. The van der Waals surface area contributed by atoms with Crippen molar-refractivity contribution in [3.8, 4) is 0 Å². The highest BCUT2D eigenvalue weighted by molar-refractivity contribution is 7.98. The topological polar surface area (TPSA) is 68.9 Å². The number of carbonyl (C=O) groups is 1. The number of fused-ring (bicyclic) bond motifs is 1. The first-order chi connectivity index (χ1) is 14.7. The summed E-state index contributed by atoms with van der Waals surface area (Å²) in [5.41, 5.74) is 3.23. The molecule has 0 spiro atoms. The molecular weight excluding hydrogens is 396 g/mol. The van der Waals surface area contributed by atoms with E-state index in [-0.39, 0.29) is 18.1 Å². The van der Waals surface area contributed by atoms with E-state index >= 15 is 0 Å². The van der Waals surface area contributed by atoms with Gasteiger partial charge in [0.15, 0.2) is 0 Å². The van der Waals surface area contributed by atoms with Crippen LogP contribution in [0.3, 0.4) is 0 Å². The fraction of sp³-hybridized carbons (Fsp3) is 0.174. The van der Waals surface area contributed by atoms with E-state index in [9.17, 15) is 9.59 Å². The van der Waals surface area contributed by atoms with Gasteiger partial charge in [0.25, 0.3) is 0 Å². The zero-order valence-electron chi connectivity index (χ0n) is 16.6. The van der Waals surface area contributed by atoms with Crippen molar-refractivity contribution in [2.24, 2.45) is 0 Å². The van der Waals surface area contributed by atoms with Crippen LogP contribution >= 0.6 is 11.8 Å². The minimum atomic E-state index is -0.231. The molecule has 0 unspecified atom stereocenters. The molecule has 1 N–H and O–H groups in total. The lowest BCUT2D eigenvalue weighted by molar-refractivity contribution is -0.116. The molecule has 0 atom stereocenters. The second-order valence-electron chi connectivity index (χ2n) is 6.81. The predicted octanol–water partition coefficient (Wildman–Crippen LogP) is 4.15. The van der Waals surface area contributed by atoms with Gasteiger partial charge in [-0.25, -0.2) is 9.78 Å². The molecule has 0 fully saturated rings. The fourth-order valence-electron chi connectivity index (χ4n) is 3.40. The third kappa shape index (κ3) is 4.31. The number of nitrogens with zero attached hydrogens (tertiary/aromatic N) is 3. The first-order valence-electron chi connectivity index (χ1n) is 9.76. The molecule has 30 heavy (non-hydrogen) atoms. The first-order valence-corrected chi connectivity index (χ1v) is 10.7. The summed E-state index contributed by atoms with van der Waals surface area (Å²) < 4.78 is 3.20. The number of aromatic nitrogens is 3. The fourth-order valence-corrected chi connectivity index (χ4v) is 4.21. The van der Waals surface area contributed by atoms with Gasteiger partial charge in [-0.1, -0.05) is 30.3 Å². The summed E-state index contributed by atoms with van der Waals surface area (Å²) in [5.74, 6) is 0.523. The number of para-hydroxylation sites is 2.